The number of carbonyl (C=O) groups excluding carboxylic acids is 2. The molecule has 3 unspecified atom stereocenters. The molecule has 0 aliphatic heterocycles. The molecule has 0 spiro atoms. The van der Waals surface area contributed by atoms with Crippen molar-refractivity contribution in [3.8, 4) is 0 Å². The van der Waals surface area contributed by atoms with Crippen LogP contribution in [0.3, 0.4) is 0 Å². The summed E-state index contributed by atoms with van der Waals surface area (Å²) in [5.74, 6) is -2.38. The molecule has 66 heavy (non-hydrogen) atoms. The average Bonchev–Trinajstić information content (AvgIpc) is 3.29. The van der Waals surface area contributed by atoms with Gasteiger partial charge in [0.15, 0.2) is 6.04 Å². The van der Waals surface area contributed by atoms with Crippen molar-refractivity contribution < 1.29 is 47.8 Å². The van der Waals surface area contributed by atoms with Gasteiger partial charge in [0.2, 0.25) is 5.91 Å². The monoisotopic (exact) mass is 950 g/mol. The van der Waals surface area contributed by atoms with Crippen LogP contribution in [-0.2, 0) is 32.7 Å². The number of aliphatic hydroxyl groups excluding tert-OH is 1. The summed E-state index contributed by atoms with van der Waals surface area (Å²) < 4.78 is 27.0. The zero-order valence-corrected chi connectivity index (χ0v) is 42.6. The highest BCUT2D eigenvalue weighted by Crippen LogP contribution is 2.43. The molecular formula is C54H96NO10P. The van der Waals surface area contributed by atoms with Crippen molar-refractivity contribution in [1.29, 1.82) is 0 Å². The minimum absolute atomic E-state index is 0.141. The van der Waals surface area contributed by atoms with Crippen molar-refractivity contribution in [3.63, 3.8) is 0 Å². The van der Waals surface area contributed by atoms with Gasteiger partial charge in [0.05, 0.1) is 13.2 Å². The van der Waals surface area contributed by atoms with Crippen LogP contribution in [0, 0.1) is 0 Å². The first-order chi connectivity index (χ1) is 32.1. The number of hydrogen-bond donors (Lipinski definition) is 4. The van der Waals surface area contributed by atoms with Crippen LogP contribution in [0.25, 0.3) is 0 Å². The standard InChI is InChI=1S/C54H96NO10P/c1-3-5-7-9-11-13-15-17-19-21-23-24-25-26-28-30-32-34-36-38-40-42-44-46-53(58)63-47-50(56)48-64-66(61,62)65-49-51(54(59)60)55-52(57)45-43-41-39-37-35-33-31-29-27-22-20-18-16-14-12-10-8-6-4-2/h11,13,17-20,23-24,26,28,50-51,56H,3-10,12,14-16,21-22,25,27,29-49H2,1-2H3,(H,55,57)(H,59,60)(H,61,62)/b13-11-,19-17-,20-18+,24-23-,28-26-. The summed E-state index contributed by atoms with van der Waals surface area (Å²) in [6.07, 6.45) is 58.0. The Morgan fingerprint density at radius 2 is 0.833 bits per heavy atom. The number of phosphoric acid groups is 1. The number of carbonyl (C=O) groups is 3. The van der Waals surface area contributed by atoms with Gasteiger partial charge in [-0.15, -0.1) is 0 Å². The summed E-state index contributed by atoms with van der Waals surface area (Å²) in [7, 11) is -4.77. The molecule has 0 aromatic rings. The van der Waals surface area contributed by atoms with Gasteiger partial charge in [0.1, 0.15) is 12.7 Å². The van der Waals surface area contributed by atoms with Crippen LogP contribution in [0.4, 0.5) is 0 Å². The highest BCUT2D eigenvalue weighted by molar-refractivity contribution is 7.47. The van der Waals surface area contributed by atoms with Crippen molar-refractivity contribution in [2.45, 2.75) is 244 Å². The van der Waals surface area contributed by atoms with E-state index in [1.54, 1.807) is 0 Å². The zero-order chi connectivity index (χ0) is 48.4. The fraction of sp³-hybridized carbons (Fsp3) is 0.759. The van der Waals surface area contributed by atoms with Gasteiger partial charge in [-0.05, 0) is 83.5 Å². The van der Waals surface area contributed by atoms with Gasteiger partial charge < -0.3 is 25.2 Å². The molecule has 0 aromatic heterocycles. The Bertz CT molecular complexity index is 1350. The molecule has 3 atom stereocenters. The van der Waals surface area contributed by atoms with E-state index in [1.807, 2.05) is 0 Å². The second kappa shape index (κ2) is 48.6. The van der Waals surface area contributed by atoms with Crippen LogP contribution in [0.5, 0.6) is 0 Å². The number of unbranched alkanes of at least 4 members (excludes halogenated alkanes) is 25. The molecule has 0 heterocycles. The van der Waals surface area contributed by atoms with Gasteiger partial charge in [0, 0.05) is 12.8 Å². The summed E-state index contributed by atoms with van der Waals surface area (Å²) >= 11 is 0. The molecule has 0 rings (SSSR count). The summed E-state index contributed by atoms with van der Waals surface area (Å²) in [4.78, 5) is 46.2. The van der Waals surface area contributed by atoms with E-state index in [9.17, 15) is 34.1 Å². The van der Waals surface area contributed by atoms with E-state index in [0.29, 0.717) is 12.8 Å². The molecule has 0 radical (unpaired) electrons. The number of phosphoric ester groups is 1. The highest BCUT2D eigenvalue weighted by Gasteiger charge is 2.28. The number of hydrogen-bond acceptors (Lipinski definition) is 8. The lowest BCUT2D eigenvalue weighted by atomic mass is 10.1. The fourth-order valence-corrected chi connectivity index (χ4v) is 7.95. The fourth-order valence-electron chi connectivity index (χ4n) is 7.18. The molecule has 11 nitrogen and oxygen atoms in total. The molecule has 0 saturated heterocycles. The molecule has 0 bridgehead atoms. The topological polar surface area (TPSA) is 169 Å². The third-order valence-corrected chi connectivity index (χ3v) is 12.2. The lowest BCUT2D eigenvalue weighted by molar-refractivity contribution is -0.147. The van der Waals surface area contributed by atoms with Crippen LogP contribution in [0.2, 0.25) is 0 Å². The summed E-state index contributed by atoms with van der Waals surface area (Å²) in [5.41, 5.74) is 0. The van der Waals surface area contributed by atoms with Crippen LogP contribution >= 0.6 is 7.82 Å². The van der Waals surface area contributed by atoms with Crippen LogP contribution in [0.15, 0.2) is 60.8 Å². The van der Waals surface area contributed by atoms with Crippen molar-refractivity contribution >= 4 is 25.7 Å². The number of carboxylic acid groups (broad SMARTS) is 1. The summed E-state index contributed by atoms with van der Waals surface area (Å²) in [5, 5.41) is 21.9. The molecule has 1 amide bonds. The van der Waals surface area contributed by atoms with Gasteiger partial charge in [-0.25, -0.2) is 9.36 Å². The SMILES string of the molecule is CCCCC/C=C\C/C=C\C/C=C\C/C=C\CCCCCCCCCC(=O)OCC(O)COP(=O)(O)OCC(NC(=O)CCCCCCCCCCC/C=C/CCCCCCCC)C(=O)O. The maximum absolute atomic E-state index is 12.4. The first-order valence-corrected chi connectivity index (χ1v) is 27.8. The van der Waals surface area contributed by atoms with E-state index < -0.39 is 57.6 Å². The Morgan fingerprint density at radius 1 is 0.485 bits per heavy atom. The first kappa shape index (κ1) is 63.2. The molecule has 0 saturated carbocycles. The minimum atomic E-state index is -4.77. The predicted octanol–water partition coefficient (Wildman–Crippen LogP) is 14.7. The Morgan fingerprint density at radius 3 is 1.29 bits per heavy atom. The van der Waals surface area contributed by atoms with Gasteiger partial charge in [-0.2, -0.15) is 0 Å². The molecular weight excluding hydrogens is 854 g/mol. The van der Waals surface area contributed by atoms with E-state index in [1.165, 1.54) is 122 Å². The predicted molar refractivity (Wildman–Crippen MR) is 272 cm³/mol. The third kappa shape index (κ3) is 47.7. The lowest BCUT2D eigenvalue weighted by Crippen LogP contribution is -2.43. The van der Waals surface area contributed by atoms with E-state index in [-0.39, 0.29) is 12.8 Å². The van der Waals surface area contributed by atoms with Crippen molar-refractivity contribution in [3.05, 3.63) is 60.8 Å². The van der Waals surface area contributed by atoms with Gasteiger partial charge >= 0.3 is 19.8 Å². The number of carboxylic acids is 1. The maximum Gasteiger partial charge on any atom is 0.472 e. The Balaban J connectivity index is 3.85. The number of amides is 1. The average molecular weight is 950 g/mol. The first-order valence-electron chi connectivity index (χ1n) is 26.3. The van der Waals surface area contributed by atoms with Crippen LogP contribution in [0.1, 0.15) is 232 Å². The third-order valence-electron chi connectivity index (χ3n) is 11.3. The molecule has 382 valence electrons. The molecule has 12 heteroatoms. The van der Waals surface area contributed by atoms with E-state index in [0.717, 1.165) is 70.6 Å². The summed E-state index contributed by atoms with van der Waals surface area (Å²) in [6.45, 7) is 2.57. The zero-order valence-electron chi connectivity index (χ0n) is 41.7. The second-order valence-corrected chi connectivity index (χ2v) is 19.2. The van der Waals surface area contributed by atoms with Crippen molar-refractivity contribution in [2.75, 3.05) is 19.8 Å². The number of allylic oxidation sites excluding steroid dienone is 10. The van der Waals surface area contributed by atoms with Gasteiger partial charge in [-0.1, -0.05) is 197 Å². The molecule has 0 aromatic carbocycles. The maximum atomic E-state index is 12.4. The number of esters is 1. The van der Waals surface area contributed by atoms with E-state index >= 15 is 0 Å². The van der Waals surface area contributed by atoms with Crippen molar-refractivity contribution in [1.82, 2.24) is 5.32 Å². The Hall–Kier alpha value is -2.82. The van der Waals surface area contributed by atoms with Gasteiger partial charge in [-0.3, -0.25) is 18.6 Å². The smallest absolute Gasteiger partial charge is 0.472 e. The second-order valence-electron chi connectivity index (χ2n) is 17.7. The van der Waals surface area contributed by atoms with E-state index in [2.05, 4.69) is 79.9 Å². The molecule has 0 aliphatic rings. The largest absolute Gasteiger partial charge is 0.480 e. The number of aliphatic hydroxyl groups is 1. The minimum Gasteiger partial charge on any atom is -0.480 e. The van der Waals surface area contributed by atoms with Crippen LogP contribution in [-0.4, -0.2) is 64.9 Å². The number of aliphatic carboxylic acids is 1. The van der Waals surface area contributed by atoms with Crippen molar-refractivity contribution in [2.24, 2.45) is 0 Å². The molecule has 4 N–H and O–H groups in total. The van der Waals surface area contributed by atoms with Gasteiger partial charge in [0.25, 0.3) is 0 Å². The number of rotatable bonds is 49. The number of nitrogens with one attached hydrogen (secondary N) is 1. The van der Waals surface area contributed by atoms with Crippen LogP contribution < -0.4 is 5.32 Å². The number of ether oxygens (including phenoxy) is 1. The normalized spacial score (nSPS) is 14.0. The summed E-state index contributed by atoms with van der Waals surface area (Å²) in [6, 6.07) is -1.55. The van der Waals surface area contributed by atoms with E-state index in [4.69, 9.17) is 13.8 Å². The lowest BCUT2D eigenvalue weighted by Gasteiger charge is -2.18. The molecule has 0 aliphatic carbocycles. The molecule has 0 fully saturated rings. The Labute approximate surface area is 402 Å². The highest BCUT2D eigenvalue weighted by atomic mass is 31.2. The Kier molecular flexibility index (Phi) is 46.6. The quantitative estimate of drug-likeness (QED) is 0.0199.